The van der Waals surface area contributed by atoms with E-state index in [1.807, 2.05) is 0 Å². The number of rotatable bonds is 2. The summed E-state index contributed by atoms with van der Waals surface area (Å²) in [6.07, 6.45) is 0. The second kappa shape index (κ2) is 3.10. The second-order valence-corrected chi connectivity index (χ2v) is 2.02. The quantitative estimate of drug-likeness (QED) is 0.331. The van der Waals surface area contributed by atoms with E-state index in [1.165, 1.54) is 20.8 Å². The Morgan fingerprint density at radius 2 is 1.70 bits per heavy atom. The summed E-state index contributed by atoms with van der Waals surface area (Å²) < 4.78 is 0. The van der Waals surface area contributed by atoms with Crippen LogP contribution in [-0.4, -0.2) is 10.7 Å². The van der Waals surface area contributed by atoms with Crippen LogP contribution in [0.3, 0.4) is 0 Å². The minimum absolute atomic E-state index is 0.0764. The number of hydrogen-bond acceptors (Lipinski definition) is 3. The molecular weight excluding hydrogens is 134 g/mol. The van der Waals surface area contributed by atoms with Crippen molar-refractivity contribution in [1.29, 1.82) is 0 Å². The molecule has 0 aromatic carbocycles. The molecule has 56 valence electrons. The van der Waals surface area contributed by atoms with Crippen LogP contribution in [0.2, 0.25) is 0 Å². The van der Waals surface area contributed by atoms with Crippen molar-refractivity contribution in [3.8, 4) is 0 Å². The van der Waals surface area contributed by atoms with Gasteiger partial charge in [0.2, 0.25) is 5.70 Å². The van der Waals surface area contributed by atoms with Crippen molar-refractivity contribution >= 4 is 5.78 Å². The molecule has 0 N–H and O–H groups in total. The zero-order valence-electron chi connectivity index (χ0n) is 6.17. The molecule has 0 spiro atoms. The molecule has 0 fully saturated rings. The van der Waals surface area contributed by atoms with Gasteiger partial charge >= 0.3 is 0 Å². The molecule has 0 aliphatic carbocycles. The third kappa shape index (κ3) is 1.97. The van der Waals surface area contributed by atoms with Crippen LogP contribution in [0, 0.1) is 10.1 Å². The molecule has 0 saturated heterocycles. The number of carbonyl (C=O) groups excluding carboxylic acids is 1. The lowest BCUT2D eigenvalue weighted by Crippen LogP contribution is -2.02. The minimum Gasteiger partial charge on any atom is -0.295 e. The Morgan fingerprint density at radius 1 is 1.30 bits per heavy atom. The van der Waals surface area contributed by atoms with Crippen molar-refractivity contribution in [1.82, 2.24) is 0 Å². The first-order valence-corrected chi connectivity index (χ1v) is 2.79. The summed E-state index contributed by atoms with van der Waals surface area (Å²) in [6.45, 7) is 4.07. The molecule has 0 aliphatic heterocycles. The first-order valence-electron chi connectivity index (χ1n) is 2.79. The van der Waals surface area contributed by atoms with Crippen molar-refractivity contribution in [3.63, 3.8) is 0 Å². The van der Waals surface area contributed by atoms with Crippen LogP contribution in [0.25, 0.3) is 0 Å². The highest BCUT2D eigenvalue weighted by Gasteiger charge is 2.10. The summed E-state index contributed by atoms with van der Waals surface area (Å²) in [5.74, 6) is -0.255. The van der Waals surface area contributed by atoms with Crippen LogP contribution < -0.4 is 0 Å². The fourth-order valence-electron chi connectivity index (χ4n) is 0.392. The second-order valence-electron chi connectivity index (χ2n) is 2.02. The lowest BCUT2D eigenvalue weighted by Gasteiger charge is -1.93. The maximum atomic E-state index is 10.5. The van der Waals surface area contributed by atoms with Crippen LogP contribution in [-0.2, 0) is 4.79 Å². The Labute approximate surface area is 58.7 Å². The Kier molecular flexibility index (Phi) is 2.73. The van der Waals surface area contributed by atoms with Gasteiger partial charge in [0.15, 0.2) is 5.78 Å². The van der Waals surface area contributed by atoms with Crippen molar-refractivity contribution in [2.24, 2.45) is 0 Å². The van der Waals surface area contributed by atoms with E-state index < -0.39 is 4.92 Å². The lowest BCUT2D eigenvalue weighted by molar-refractivity contribution is -0.425. The average Bonchev–Trinajstić information content (AvgIpc) is 1.84. The smallest absolute Gasteiger partial charge is 0.249 e. The van der Waals surface area contributed by atoms with Gasteiger partial charge in [-0.15, -0.1) is 0 Å². The SMILES string of the molecule is CC(=O)/C(C)=C(/C)[N+](=O)[O-]. The van der Waals surface area contributed by atoms with Crippen molar-refractivity contribution in [3.05, 3.63) is 21.4 Å². The molecule has 4 nitrogen and oxygen atoms in total. The normalized spacial score (nSPS) is 12.3. The van der Waals surface area contributed by atoms with Gasteiger partial charge in [0.05, 0.1) is 10.5 Å². The summed E-state index contributed by atoms with van der Waals surface area (Å²) in [5.41, 5.74) is 0.137. The highest BCUT2D eigenvalue weighted by molar-refractivity contribution is 5.92. The van der Waals surface area contributed by atoms with E-state index >= 15 is 0 Å². The monoisotopic (exact) mass is 143 g/mol. The van der Waals surface area contributed by atoms with Gasteiger partial charge in [-0.05, 0) is 13.8 Å². The summed E-state index contributed by atoms with van der Waals surface area (Å²) in [5, 5.41) is 10.0. The molecular formula is C6H9NO3. The van der Waals surface area contributed by atoms with Gasteiger partial charge in [-0.3, -0.25) is 14.9 Å². The molecule has 0 saturated carbocycles. The zero-order valence-corrected chi connectivity index (χ0v) is 6.17. The Hall–Kier alpha value is -1.19. The van der Waals surface area contributed by atoms with Gasteiger partial charge in [-0.1, -0.05) is 0 Å². The number of nitrogens with zero attached hydrogens (tertiary/aromatic N) is 1. The predicted octanol–water partition coefficient (Wildman–Crippen LogP) is 1.15. The molecule has 4 heteroatoms. The number of allylic oxidation sites excluding steroid dienone is 2. The van der Waals surface area contributed by atoms with Crippen molar-refractivity contribution < 1.29 is 9.72 Å². The molecule has 0 radical (unpaired) electrons. The predicted molar refractivity (Wildman–Crippen MR) is 36.0 cm³/mol. The topological polar surface area (TPSA) is 60.2 Å². The molecule has 0 atom stereocenters. The number of ketones is 1. The molecule has 0 rings (SSSR count). The third-order valence-electron chi connectivity index (χ3n) is 1.34. The molecule has 10 heavy (non-hydrogen) atoms. The van der Waals surface area contributed by atoms with Crippen LogP contribution in [0.1, 0.15) is 20.8 Å². The summed E-state index contributed by atoms with van der Waals surface area (Å²) in [6, 6.07) is 0. The largest absolute Gasteiger partial charge is 0.295 e. The van der Waals surface area contributed by atoms with Crippen molar-refractivity contribution in [2.45, 2.75) is 20.8 Å². The van der Waals surface area contributed by atoms with E-state index in [4.69, 9.17) is 0 Å². The molecule has 0 amide bonds. The highest BCUT2D eigenvalue weighted by Crippen LogP contribution is 2.03. The Bertz CT molecular complexity index is 183. The molecule has 0 unspecified atom stereocenters. The summed E-state index contributed by atoms with van der Waals surface area (Å²) in [7, 11) is 0. The zero-order chi connectivity index (χ0) is 8.31. The fraction of sp³-hybridized carbons (Fsp3) is 0.500. The highest BCUT2D eigenvalue weighted by atomic mass is 16.6. The first kappa shape index (κ1) is 8.81. The lowest BCUT2D eigenvalue weighted by atomic mass is 10.2. The van der Waals surface area contributed by atoms with E-state index in [-0.39, 0.29) is 17.1 Å². The number of nitro groups is 1. The molecule has 0 aliphatic rings. The molecule has 0 aromatic rings. The molecule has 0 heterocycles. The van der Waals surface area contributed by atoms with E-state index in [0.717, 1.165) is 0 Å². The third-order valence-corrected chi connectivity index (χ3v) is 1.34. The standard InChI is InChI=1S/C6H9NO3/c1-4(6(3)8)5(2)7(9)10/h1-3H3/b5-4-. The summed E-state index contributed by atoms with van der Waals surface area (Å²) >= 11 is 0. The fourth-order valence-corrected chi connectivity index (χ4v) is 0.392. The number of hydrogen-bond donors (Lipinski definition) is 0. The Balaban J connectivity index is 4.67. The number of Topliss-reactive ketones (excluding diaryl/α,β-unsaturated/α-hetero) is 1. The van der Waals surface area contributed by atoms with Gasteiger partial charge in [0, 0.05) is 6.92 Å². The molecule has 0 bridgehead atoms. The Morgan fingerprint density at radius 3 is 1.80 bits per heavy atom. The van der Waals surface area contributed by atoms with E-state index in [1.54, 1.807) is 0 Å². The number of carbonyl (C=O) groups is 1. The van der Waals surface area contributed by atoms with E-state index in [0.29, 0.717) is 0 Å². The van der Waals surface area contributed by atoms with Crippen LogP contribution >= 0.6 is 0 Å². The summed E-state index contributed by atoms with van der Waals surface area (Å²) in [4.78, 5) is 20.0. The van der Waals surface area contributed by atoms with E-state index in [9.17, 15) is 14.9 Å². The first-order chi connectivity index (χ1) is 4.46. The molecule has 0 aromatic heterocycles. The van der Waals surface area contributed by atoms with Gasteiger partial charge in [-0.2, -0.15) is 0 Å². The van der Waals surface area contributed by atoms with Gasteiger partial charge in [0.25, 0.3) is 0 Å². The van der Waals surface area contributed by atoms with Gasteiger partial charge in [-0.25, -0.2) is 0 Å². The van der Waals surface area contributed by atoms with Crippen LogP contribution in [0.5, 0.6) is 0 Å². The van der Waals surface area contributed by atoms with Crippen molar-refractivity contribution in [2.75, 3.05) is 0 Å². The van der Waals surface area contributed by atoms with Crippen LogP contribution in [0.15, 0.2) is 11.3 Å². The van der Waals surface area contributed by atoms with Crippen LogP contribution in [0.4, 0.5) is 0 Å². The average molecular weight is 143 g/mol. The minimum atomic E-state index is -0.559. The van der Waals surface area contributed by atoms with Gasteiger partial charge < -0.3 is 0 Å². The van der Waals surface area contributed by atoms with E-state index in [2.05, 4.69) is 0 Å². The maximum Gasteiger partial charge on any atom is 0.249 e. The maximum absolute atomic E-state index is 10.5. The van der Waals surface area contributed by atoms with Gasteiger partial charge in [0.1, 0.15) is 0 Å².